The molecule has 0 aromatic carbocycles. The van der Waals surface area contributed by atoms with Gasteiger partial charge in [-0.2, -0.15) is 8.42 Å². The molecule has 1 aliphatic carbocycles. The first-order valence-corrected chi connectivity index (χ1v) is 11.2. The van der Waals surface area contributed by atoms with Crippen molar-refractivity contribution in [2.24, 2.45) is 5.92 Å². The van der Waals surface area contributed by atoms with Crippen LogP contribution in [-0.4, -0.2) is 68.5 Å². The number of hydrogen-bond donors (Lipinski definition) is 1. The fourth-order valence-corrected chi connectivity index (χ4v) is 4.86. The monoisotopic (exact) mass is 420 g/mol. The summed E-state index contributed by atoms with van der Waals surface area (Å²) < 4.78 is 32.9. The molecule has 1 N–H and O–H groups in total. The lowest BCUT2D eigenvalue weighted by Gasteiger charge is -2.40. The zero-order valence-corrected chi connectivity index (χ0v) is 17.2. The molecule has 0 radical (unpaired) electrons. The van der Waals surface area contributed by atoms with Crippen molar-refractivity contribution in [1.29, 1.82) is 0 Å². The first kappa shape index (κ1) is 19.8. The maximum Gasteiger partial charge on any atom is 0.326 e. The van der Waals surface area contributed by atoms with Crippen LogP contribution in [0.25, 0.3) is 11.5 Å². The second-order valence-corrected chi connectivity index (χ2v) is 9.40. The number of amides is 2. The van der Waals surface area contributed by atoms with Crippen LogP contribution in [0.3, 0.4) is 0 Å². The van der Waals surface area contributed by atoms with Crippen LogP contribution in [0.1, 0.15) is 32.7 Å². The van der Waals surface area contributed by atoms with E-state index in [-0.39, 0.29) is 29.8 Å². The predicted octanol–water partition coefficient (Wildman–Crippen LogP) is 1.83. The molecule has 1 saturated heterocycles. The summed E-state index contributed by atoms with van der Waals surface area (Å²) in [7, 11) is -3.97. The normalized spacial score (nSPS) is 22.4. The first-order valence-electron chi connectivity index (χ1n) is 9.63. The van der Waals surface area contributed by atoms with Gasteiger partial charge in [-0.05, 0) is 44.7 Å². The Kier molecular flexibility index (Phi) is 5.03. The number of carbonyl (C=O) groups is 1. The van der Waals surface area contributed by atoms with Crippen molar-refractivity contribution in [3.05, 3.63) is 24.5 Å². The molecule has 11 heteroatoms. The summed E-state index contributed by atoms with van der Waals surface area (Å²) in [5, 5.41) is 8.14. The Morgan fingerprint density at radius 3 is 2.69 bits per heavy atom. The van der Waals surface area contributed by atoms with Crippen molar-refractivity contribution < 1.29 is 17.8 Å². The average Bonchev–Trinajstić information content (AvgIpc) is 3.24. The Morgan fingerprint density at radius 1 is 1.24 bits per heavy atom. The molecule has 10 nitrogen and oxygen atoms in total. The SMILES string of the molecule is CC(C)n1cnnc1-c1cccc(N2CCN(C3CC(CS(=O)(=O)O)C3)C2=O)n1. The fourth-order valence-electron chi connectivity index (χ4n) is 4.00. The predicted molar refractivity (Wildman–Crippen MR) is 106 cm³/mol. The van der Waals surface area contributed by atoms with Gasteiger partial charge < -0.3 is 9.47 Å². The number of aromatic nitrogens is 4. The summed E-state index contributed by atoms with van der Waals surface area (Å²) in [4.78, 5) is 21.0. The summed E-state index contributed by atoms with van der Waals surface area (Å²) in [5.41, 5.74) is 0.650. The van der Waals surface area contributed by atoms with Crippen molar-refractivity contribution >= 4 is 22.0 Å². The lowest BCUT2D eigenvalue weighted by molar-refractivity contribution is 0.127. The highest BCUT2D eigenvalue weighted by Gasteiger charge is 2.42. The van der Waals surface area contributed by atoms with Crippen LogP contribution in [0, 0.1) is 5.92 Å². The first-order chi connectivity index (χ1) is 13.7. The number of carbonyl (C=O) groups excluding carboxylic acids is 1. The van der Waals surface area contributed by atoms with Crippen LogP contribution in [0.4, 0.5) is 10.6 Å². The summed E-state index contributed by atoms with van der Waals surface area (Å²) >= 11 is 0. The van der Waals surface area contributed by atoms with Gasteiger partial charge in [0.25, 0.3) is 10.1 Å². The van der Waals surface area contributed by atoms with E-state index in [0.29, 0.717) is 43.3 Å². The number of rotatable bonds is 6. The van der Waals surface area contributed by atoms with Gasteiger partial charge in [-0.1, -0.05) is 6.07 Å². The topological polar surface area (TPSA) is 122 Å². The molecule has 0 bridgehead atoms. The molecule has 2 amide bonds. The third kappa shape index (κ3) is 3.97. The van der Waals surface area contributed by atoms with Crippen LogP contribution in [0.2, 0.25) is 0 Å². The number of urea groups is 1. The average molecular weight is 420 g/mol. The molecule has 1 saturated carbocycles. The second-order valence-electron chi connectivity index (χ2n) is 7.90. The lowest BCUT2D eigenvalue weighted by Crippen LogP contribution is -2.48. The standard InChI is InChI=1S/C18H24N6O4S/c1-12(2)24-11-19-21-17(24)15-4-3-5-16(20-15)23-7-6-22(18(23)25)14-8-13(9-14)10-29(26,27)28/h3-5,11-14H,6-10H2,1-2H3,(H,26,27,28). The van der Waals surface area contributed by atoms with Crippen LogP contribution >= 0.6 is 0 Å². The van der Waals surface area contributed by atoms with Gasteiger partial charge in [0.05, 0.1) is 5.75 Å². The zero-order chi connectivity index (χ0) is 20.8. The Bertz CT molecular complexity index is 1010. The van der Waals surface area contributed by atoms with E-state index in [1.807, 2.05) is 30.5 Å². The lowest BCUT2D eigenvalue weighted by atomic mass is 9.81. The molecule has 0 atom stereocenters. The van der Waals surface area contributed by atoms with Gasteiger partial charge in [-0.3, -0.25) is 9.45 Å². The molecule has 1 aliphatic heterocycles. The summed E-state index contributed by atoms with van der Waals surface area (Å²) in [6, 6.07) is 5.54. The molecule has 0 unspecified atom stereocenters. The van der Waals surface area contributed by atoms with Crippen LogP contribution in [0.15, 0.2) is 24.5 Å². The molecular formula is C18H24N6O4S. The molecule has 4 rings (SSSR count). The van der Waals surface area contributed by atoms with E-state index in [9.17, 15) is 13.2 Å². The molecule has 0 spiro atoms. The van der Waals surface area contributed by atoms with Gasteiger partial charge in [0, 0.05) is 25.2 Å². The highest BCUT2D eigenvalue weighted by Crippen LogP contribution is 2.35. The highest BCUT2D eigenvalue weighted by atomic mass is 32.2. The maximum absolute atomic E-state index is 12.9. The van der Waals surface area contributed by atoms with Crippen LogP contribution < -0.4 is 4.90 Å². The van der Waals surface area contributed by atoms with Gasteiger partial charge in [-0.15, -0.1) is 10.2 Å². The minimum Gasteiger partial charge on any atom is -0.320 e. The molecule has 2 aliphatic rings. The third-order valence-corrected chi connectivity index (χ3v) is 6.40. The minimum atomic E-state index is -3.97. The van der Waals surface area contributed by atoms with E-state index in [1.54, 1.807) is 22.2 Å². The van der Waals surface area contributed by atoms with E-state index < -0.39 is 10.1 Å². The van der Waals surface area contributed by atoms with Gasteiger partial charge in [0.1, 0.15) is 17.8 Å². The van der Waals surface area contributed by atoms with Gasteiger partial charge in [0.2, 0.25) is 0 Å². The van der Waals surface area contributed by atoms with E-state index >= 15 is 0 Å². The largest absolute Gasteiger partial charge is 0.326 e. The number of anilines is 1. The molecule has 29 heavy (non-hydrogen) atoms. The maximum atomic E-state index is 12.9. The zero-order valence-electron chi connectivity index (χ0n) is 16.3. The molecule has 156 valence electrons. The molecular weight excluding hydrogens is 396 g/mol. The van der Waals surface area contributed by atoms with Gasteiger partial charge in [0.15, 0.2) is 5.82 Å². The van der Waals surface area contributed by atoms with Crippen molar-refractivity contribution in [1.82, 2.24) is 24.6 Å². The Morgan fingerprint density at radius 2 is 2.00 bits per heavy atom. The van der Waals surface area contributed by atoms with Crippen LogP contribution in [0.5, 0.6) is 0 Å². The summed E-state index contributed by atoms with van der Waals surface area (Å²) in [5.74, 6) is 0.871. The van der Waals surface area contributed by atoms with Crippen molar-refractivity contribution in [2.75, 3.05) is 23.7 Å². The minimum absolute atomic E-state index is 0.00599. The quantitative estimate of drug-likeness (QED) is 0.708. The van der Waals surface area contributed by atoms with Crippen molar-refractivity contribution in [3.63, 3.8) is 0 Å². The van der Waals surface area contributed by atoms with E-state index in [4.69, 9.17) is 4.55 Å². The van der Waals surface area contributed by atoms with Gasteiger partial charge in [-0.25, -0.2) is 9.78 Å². The van der Waals surface area contributed by atoms with Gasteiger partial charge >= 0.3 is 6.03 Å². The number of nitrogens with zero attached hydrogens (tertiary/aromatic N) is 6. The fraction of sp³-hybridized carbons (Fsp3) is 0.556. The summed E-state index contributed by atoms with van der Waals surface area (Å²) in [6.45, 7) is 5.15. The van der Waals surface area contributed by atoms with E-state index in [2.05, 4.69) is 15.2 Å². The molecule has 2 fully saturated rings. The molecule has 3 heterocycles. The number of pyridine rings is 1. The number of hydrogen-bond acceptors (Lipinski definition) is 6. The molecule has 2 aromatic rings. The Labute approximate surface area is 169 Å². The van der Waals surface area contributed by atoms with E-state index in [0.717, 1.165) is 0 Å². The summed E-state index contributed by atoms with van der Waals surface area (Å²) in [6.07, 6.45) is 2.84. The van der Waals surface area contributed by atoms with Crippen molar-refractivity contribution in [3.8, 4) is 11.5 Å². The van der Waals surface area contributed by atoms with Crippen LogP contribution in [-0.2, 0) is 10.1 Å². The van der Waals surface area contributed by atoms with Crippen molar-refractivity contribution in [2.45, 2.75) is 38.8 Å². The van der Waals surface area contributed by atoms with E-state index in [1.165, 1.54) is 0 Å². The second kappa shape index (κ2) is 7.38. The smallest absolute Gasteiger partial charge is 0.320 e. The Balaban J connectivity index is 1.47. The molecule has 2 aromatic heterocycles. The third-order valence-electron chi connectivity index (χ3n) is 5.51. The Hall–Kier alpha value is -2.53. The highest BCUT2D eigenvalue weighted by molar-refractivity contribution is 7.85.